The molecular formula is C18H16O7. The third-order valence-electron chi connectivity index (χ3n) is 2.92. The normalized spacial score (nSPS) is 9.96. The summed E-state index contributed by atoms with van der Waals surface area (Å²) < 4.78 is 15.2. The number of carbonyl (C=O) groups excluding carboxylic acids is 2. The van der Waals surface area contributed by atoms with Gasteiger partial charge in [0, 0.05) is 11.6 Å². The lowest BCUT2D eigenvalue weighted by atomic mass is 10.3. The summed E-state index contributed by atoms with van der Waals surface area (Å²) in [7, 11) is 0. The molecule has 0 heterocycles. The lowest BCUT2D eigenvalue weighted by molar-refractivity contribution is -0.136. The number of aromatic hydroxyl groups is 2. The van der Waals surface area contributed by atoms with Crippen LogP contribution < -0.4 is 14.2 Å². The summed E-state index contributed by atoms with van der Waals surface area (Å²) in [5.74, 6) is -1.17. The van der Waals surface area contributed by atoms with Crippen molar-refractivity contribution in [2.75, 3.05) is 6.61 Å². The fourth-order valence-corrected chi connectivity index (χ4v) is 1.67. The largest absolute Gasteiger partial charge is 0.504 e. The van der Waals surface area contributed by atoms with Crippen molar-refractivity contribution < 1.29 is 34.0 Å². The number of rotatable bonds is 6. The molecule has 0 aliphatic heterocycles. The monoisotopic (exact) mass is 344 g/mol. The maximum Gasteiger partial charge on any atom is 0.349 e. The van der Waals surface area contributed by atoms with Crippen LogP contribution in [-0.2, 0) is 9.59 Å². The van der Waals surface area contributed by atoms with Gasteiger partial charge < -0.3 is 24.4 Å². The van der Waals surface area contributed by atoms with E-state index in [0.29, 0.717) is 11.5 Å². The number of hydrogen-bond donors (Lipinski definition) is 2. The highest BCUT2D eigenvalue weighted by atomic mass is 16.6. The van der Waals surface area contributed by atoms with Gasteiger partial charge in [0.1, 0.15) is 17.2 Å². The van der Waals surface area contributed by atoms with Crippen molar-refractivity contribution in [2.24, 2.45) is 0 Å². The minimum atomic E-state index is -0.692. The molecule has 0 aliphatic rings. The molecule has 0 aromatic heterocycles. The van der Waals surface area contributed by atoms with Crippen molar-refractivity contribution in [1.82, 2.24) is 0 Å². The molecule has 2 aromatic carbocycles. The van der Waals surface area contributed by atoms with Gasteiger partial charge in [0.25, 0.3) is 0 Å². The molecule has 2 aromatic rings. The Morgan fingerprint density at radius 1 is 0.920 bits per heavy atom. The zero-order chi connectivity index (χ0) is 18.4. The first-order chi connectivity index (χ1) is 11.8. The zero-order valence-corrected chi connectivity index (χ0v) is 13.4. The van der Waals surface area contributed by atoms with E-state index in [-0.39, 0.29) is 23.7 Å². The van der Waals surface area contributed by atoms with Crippen LogP contribution in [0.3, 0.4) is 0 Å². The van der Waals surface area contributed by atoms with E-state index < -0.39 is 17.7 Å². The van der Waals surface area contributed by atoms with Gasteiger partial charge in [0.15, 0.2) is 18.1 Å². The van der Waals surface area contributed by atoms with Crippen molar-refractivity contribution in [1.29, 1.82) is 0 Å². The summed E-state index contributed by atoms with van der Waals surface area (Å²) >= 11 is 0. The molecule has 0 saturated heterocycles. The maximum atomic E-state index is 11.7. The van der Waals surface area contributed by atoms with Gasteiger partial charge >= 0.3 is 11.9 Å². The van der Waals surface area contributed by atoms with Crippen molar-refractivity contribution in [2.45, 2.75) is 6.92 Å². The molecule has 7 nitrogen and oxygen atoms in total. The molecule has 7 heteroatoms. The molecule has 0 radical (unpaired) electrons. The highest BCUT2D eigenvalue weighted by molar-refractivity contribution is 5.88. The predicted octanol–water partition coefficient (Wildman–Crippen LogP) is 2.56. The van der Waals surface area contributed by atoms with E-state index in [1.54, 1.807) is 6.92 Å². The molecule has 2 rings (SSSR count). The molecule has 0 aliphatic carbocycles. The average molecular weight is 344 g/mol. The first kappa shape index (κ1) is 17.9. The van der Waals surface area contributed by atoms with Crippen LogP contribution in [-0.4, -0.2) is 28.8 Å². The highest BCUT2D eigenvalue weighted by Crippen LogP contribution is 2.28. The van der Waals surface area contributed by atoms with Crippen LogP contribution in [0.5, 0.6) is 28.7 Å². The Morgan fingerprint density at radius 2 is 1.52 bits per heavy atom. The second kappa shape index (κ2) is 7.87. The average Bonchev–Trinajstić information content (AvgIpc) is 2.57. The molecule has 0 atom stereocenters. The lowest BCUT2D eigenvalue weighted by Crippen LogP contribution is -2.17. The number of hydrogen-bond acceptors (Lipinski definition) is 7. The van der Waals surface area contributed by atoms with Gasteiger partial charge in [-0.05, 0) is 43.3 Å². The quantitative estimate of drug-likeness (QED) is 0.359. The van der Waals surface area contributed by atoms with Crippen LogP contribution in [0.2, 0.25) is 0 Å². The van der Waals surface area contributed by atoms with Gasteiger partial charge in [0.05, 0.1) is 0 Å². The molecule has 130 valence electrons. The fraction of sp³-hybridized carbons (Fsp3) is 0.111. The highest BCUT2D eigenvalue weighted by Gasteiger charge is 2.09. The van der Waals surface area contributed by atoms with E-state index in [9.17, 15) is 19.8 Å². The third kappa shape index (κ3) is 5.28. The molecule has 0 spiro atoms. The zero-order valence-electron chi connectivity index (χ0n) is 13.4. The summed E-state index contributed by atoms with van der Waals surface area (Å²) in [5, 5.41) is 18.5. The van der Waals surface area contributed by atoms with Crippen LogP contribution in [0.1, 0.15) is 6.92 Å². The van der Waals surface area contributed by atoms with Gasteiger partial charge in [-0.25, -0.2) is 9.59 Å². The summed E-state index contributed by atoms with van der Waals surface area (Å²) in [5.41, 5.74) is 0.281. The Kier molecular flexibility index (Phi) is 5.62. The van der Waals surface area contributed by atoms with Gasteiger partial charge in [-0.15, -0.1) is 0 Å². The molecule has 0 saturated carbocycles. The summed E-state index contributed by atoms with van der Waals surface area (Å²) in [6, 6.07) is 9.72. The third-order valence-corrected chi connectivity index (χ3v) is 2.92. The number of esters is 2. The smallest absolute Gasteiger partial charge is 0.349 e. The minimum Gasteiger partial charge on any atom is -0.504 e. The van der Waals surface area contributed by atoms with E-state index in [0.717, 1.165) is 6.07 Å². The second-order valence-corrected chi connectivity index (χ2v) is 5.05. The molecule has 2 N–H and O–H groups in total. The molecule has 0 fully saturated rings. The summed E-state index contributed by atoms with van der Waals surface area (Å²) in [4.78, 5) is 23.1. The van der Waals surface area contributed by atoms with E-state index in [1.807, 2.05) is 0 Å². The molecule has 25 heavy (non-hydrogen) atoms. The van der Waals surface area contributed by atoms with Crippen LogP contribution in [0.25, 0.3) is 0 Å². The van der Waals surface area contributed by atoms with Crippen LogP contribution in [0.4, 0.5) is 0 Å². The summed E-state index contributed by atoms with van der Waals surface area (Å²) in [6.45, 7) is 4.65. The first-order valence-electron chi connectivity index (χ1n) is 7.18. The SMILES string of the molecule is C=C(C)C(=O)Oc1ccc(OCC(=O)Oc2ccc(O)c(O)c2)cc1. The molecule has 0 amide bonds. The van der Waals surface area contributed by atoms with Gasteiger partial charge in [0.2, 0.25) is 0 Å². The van der Waals surface area contributed by atoms with Crippen molar-refractivity contribution in [3.8, 4) is 28.7 Å². The number of carbonyl (C=O) groups is 2. The van der Waals surface area contributed by atoms with Gasteiger partial charge in [-0.2, -0.15) is 0 Å². The van der Waals surface area contributed by atoms with Gasteiger partial charge in [-0.1, -0.05) is 6.58 Å². The van der Waals surface area contributed by atoms with Crippen LogP contribution in [0, 0.1) is 0 Å². The molecular weight excluding hydrogens is 328 g/mol. The Bertz CT molecular complexity index is 794. The molecule has 0 unspecified atom stereocenters. The fourth-order valence-electron chi connectivity index (χ4n) is 1.67. The Morgan fingerprint density at radius 3 is 2.12 bits per heavy atom. The van der Waals surface area contributed by atoms with Gasteiger partial charge in [-0.3, -0.25) is 0 Å². The summed E-state index contributed by atoms with van der Waals surface area (Å²) in [6.07, 6.45) is 0. The van der Waals surface area contributed by atoms with Crippen molar-refractivity contribution >= 4 is 11.9 Å². The van der Waals surface area contributed by atoms with E-state index >= 15 is 0 Å². The van der Waals surface area contributed by atoms with Crippen LogP contribution >= 0.6 is 0 Å². The van der Waals surface area contributed by atoms with Crippen molar-refractivity contribution in [3.63, 3.8) is 0 Å². The second-order valence-electron chi connectivity index (χ2n) is 5.05. The number of benzene rings is 2. The number of phenols is 2. The maximum absolute atomic E-state index is 11.7. The topological polar surface area (TPSA) is 102 Å². The van der Waals surface area contributed by atoms with E-state index in [1.165, 1.54) is 36.4 Å². The van der Waals surface area contributed by atoms with Crippen LogP contribution in [0.15, 0.2) is 54.6 Å². The Hall–Kier alpha value is -3.48. The predicted molar refractivity (Wildman–Crippen MR) is 87.8 cm³/mol. The standard InChI is InChI=1S/C18H16O7/c1-11(2)18(22)25-13-5-3-12(4-6-13)23-10-17(21)24-14-7-8-15(19)16(20)9-14/h3-9,19-20H,1,10H2,2H3. The van der Waals surface area contributed by atoms with Crippen molar-refractivity contribution in [3.05, 3.63) is 54.6 Å². The molecule has 0 bridgehead atoms. The number of phenolic OH excluding ortho intramolecular Hbond substituents is 2. The van der Waals surface area contributed by atoms with E-state index in [4.69, 9.17) is 14.2 Å². The first-order valence-corrected chi connectivity index (χ1v) is 7.18. The number of ether oxygens (including phenoxy) is 3. The minimum absolute atomic E-state index is 0.0750. The van der Waals surface area contributed by atoms with E-state index in [2.05, 4.69) is 6.58 Å². The Balaban J connectivity index is 1.86. The lowest BCUT2D eigenvalue weighted by Gasteiger charge is -2.08. The Labute approximate surface area is 143 Å².